The molecule has 42 heavy (non-hydrogen) atoms. The second-order valence-electron chi connectivity index (χ2n) is 11.9. The second kappa shape index (κ2) is 17.1. The van der Waals surface area contributed by atoms with Gasteiger partial charge in [0.2, 0.25) is 0 Å². The van der Waals surface area contributed by atoms with Crippen molar-refractivity contribution in [1.29, 1.82) is 0 Å². The number of likely N-dealkylation sites (tertiary alicyclic amines) is 1. The Morgan fingerprint density at radius 3 is 2.36 bits per heavy atom. The van der Waals surface area contributed by atoms with Crippen molar-refractivity contribution in [2.45, 2.75) is 89.2 Å². The molecule has 0 radical (unpaired) electrons. The molecule has 234 valence electrons. The van der Waals surface area contributed by atoms with E-state index in [-0.39, 0.29) is 18.8 Å². The molecule has 2 fully saturated rings. The summed E-state index contributed by atoms with van der Waals surface area (Å²) >= 11 is 0. The number of rotatable bonds is 17. The predicted molar refractivity (Wildman–Crippen MR) is 166 cm³/mol. The minimum atomic E-state index is -0.522. The third kappa shape index (κ3) is 10.1. The number of benzene rings is 2. The van der Waals surface area contributed by atoms with E-state index in [1.165, 1.54) is 30.4 Å². The monoisotopic (exact) mass is 584 g/mol. The van der Waals surface area contributed by atoms with Crippen LogP contribution in [0, 0.1) is 0 Å². The average Bonchev–Trinajstić information content (AvgIpc) is 3.48. The van der Waals surface area contributed by atoms with Gasteiger partial charge in [-0.05, 0) is 67.5 Å². The highest BCUT2D eigenvalue weighted by molar-refractivity contribution is 5.42. The van der Waals surface area contributed by atoms with Crippen molar-refractivity contribution in [2.75, 3.05) is 53.7 Å². The normalized spacial score (nSPS) is 21.9. The number of hydrogen-bond donors (Lipinski definition) is 2. The van der Waals surface area contributed by atoms with Crippen LogP contribution in [-0.2, 0) is 22.3 Å². The first-order valence-electron chi connectivity index (χ1n) is 15.8. The molecule has 8 heteroatoms. The fourth-order valence-corrected chi connectivity index (χ4v) is 5.96. The molecular formula is C34H52N2O6. The third-order valence-electron chi connectivity index (χ3n) is 8.36. The molecule has 1 saturated carbocycles. The highest BCUT2D eigenvalue weighted by Gasteiger charge is 2.35. The Hall–Kier alpha value is -2.36. The minimum Gasteiger partial charge on any atom is -0.493 e. The van der Waals surface area contributed by atoms with E-state index < -0.39 is 6.10 Å². The van der Waals surface area contributed by atoms with Crippen molar-refractivity contribution in [3.63, 3.8) is 0 Å². The van der Waals surface area contributed by atoms with E-state index in [1.54, 1.807) is 14.2 Å². The molecule has 0 amide bonds. The standard InChI is InChI=1S/C34H52N2O6/c1-25(2)35-22-28(37)24-42-29-12-9-26(10-13-29)16-19-40-30-15-18-36(23-30)31-7-5-6-8-32(31)41-20-17-27-11-14-33(38-3)34(21-27)39-4/h9-14,21,25,28,30-32,35,37H,5-8,15-20,22-24H2,1-4H3/t28?,30-,31+,32-/m0/s1. The molecule has 1 aliphatic carbocycles. The van der Waals surface area contributed by atoms with Crippen molar-refractivity contribution in [3.05, 3.63) is 53.6 Å². The fraction of sp³-hybridized carbons (Fsp3) is 0.647. The number of methoxy groups -OCH3 is 2. The van der Waals surface area contributed by atoms with Crippen molar-refractivity contribution < 1.29 is 28.8 Å². The first-order valence-corrected chi connectivity index (χ1v) is 15.8. The van der Waals surface area contributed by atoms with Crippen LogP contribution in [0.3, 0.4) is 0 Å². The average molecular weight is 585 g/mol. The van der Waals surface area contributed by atoms with E-state index in [4.69, 9.17) is 23.7 Å². The summed E-state index contributed by atoms with van der Waals surface area (Å²) in [7, 11) is 3.34. The molecule has 2 aromatic carbocycles. The van der Waals surface area contributed by atoms with Crippen LogP contribution in [0.2, 0.25) is 0 Å². The molecule has 0 aromatic heterocycles. The van der Waals surface area contributed by atoms with Gasteiger partial charge in [-0.1, -0.05) is 44.9 Å². The Kier molecular flexibility index (Phi) is 13.2. The van der Waals surface area contributed by atoms with Crippen molar-refractivity contribution in [3.8, 4) is 17.2 Å². The maximum Gasteiger partial charge on any atom is 0.160 e. The highest BCUT2D eigenvalue weighted by Crippen LogP contribution is 2.30. The van der Waals surface area contributed by atoms with E-state index >= 15 is 0 Å². The maximum atomic E-state index is 10.0. The summed E-state index contributed by atoms with van der Waals surface area (Å²) in [4.78, 5) is 2.61. The lowest BCUT2D eigenvalue weighted by Crippen LogP contribution is -2.46. The molecule has 0 bridgehead atoms. The van der Waals surface area contributed by atoms with Crippen LogP contribution in [0.15, 0.2) is 42.5 Å². The van der Waals surface area contributed by atoms with Gasteiger partial charge in [-0.2, -0.15) is 0 Å². The number of aliphatic hydroxyl groups is 1. The molecular weight excluding hydrogens is 532 g/mol. The Balaban J connectivity index is 1.15. The van der Waals surface area contributed by atoms with Gasteiger partial charge in [0.15, 0.2) is 11.5 Å². The number of nitrogens with zero attached hydrogens (tertiary/aromatic N) is 1. The van der Waals surface area contributed by atoms with Gasteiger partial charge in [0.05, 0.1) is 39.6 Å². The summed E-state index contributed by atoms with van der Waals surface area (Å²) in [6, 6.07) is 15.1. The fourth-order valence-electron chi connectivity index (χ4n) is 5.96. The van der Waals surface area contributed by atoms with Crippen LogP contribution in [0.4, 0.5) is 0 Å². The Labute approximate surface area is 252 Å². The topological polar surface area (TPSA) is 81.7 Å². The van der Waals surface area contributed by atoms with Crippen molar-refractivity contribution in [2.24, 2.45) is 0 Å². The molecule has 1 saturated heterocycles. The zero-order chi connectivity index (χ0) is 29.7. The summed E-state index contributed by atoms with van der Waals surface area (Å²) in [6.45, 7) is 8.43. The molecule has 8 nitrogen and oxygen atoms in total. The second-order valence-corrected chi connectivity index (χ2v) is 11.9. The SMILES string of the molecule is COc1ccc(CCO[C@H]2CCCC[C@H]2N2CC[C@H](OCCc3ccc(OCC(O)CNC(C)C)cc3)C2)cc1OC. The summed E-state index contributed by atoms with van der Waals surface area (Å²) in [5.41, 5.74) is 2.43. The molecule has 4 rings (SSSR count). The van der Waals surface area contributed by atoms with Gasteiger partial charge in [-0.3, -0.25) is 4.90 Å². The van der Waals surface area contributed by atoms with E-state index in [9.17, 15) is 5.11 Å². The number of aliphatic hydroxyl groups excluding tert-OH is 1. The first kappa shape index (κ1) is 32.6. The lowest BCUT2D eigenvalue weighted by Gasteiger charge is -2.38. The maximum absolute atomic E-state index is 10.0. The molecule has 2 N–H and O–H groups in total. The summed E-state index contributed by atoms with van der Waals surface area (Å²) in [5, 5.41) is 13.3. The smallest absolute Gasteiger partial charge is 0.160 e. The Morgan fingerprint density at radius 1 is 0.881 bits per heavy atom. The summed E-state index contributed by atoms with van der Waals surface area (Å²) in [5.74, 6) is 2.30. The van der Waals surface area contributed by atoms with E-state index in [0.29, 0.717) is 31.8 Å². The molecule has 1 aliphatic heterocycles. The van der Waals surface area contributed by atoms with Crippen LogP contribution in [0.1, 0.15) is 57.1 Å². The van der Waals surface area contributed by atoms with Crippen molar-refractivity contribution in [1.82, 2.24) is 10.2 Å². The molecule has 0 spiro atoms. The van der Waals surface area contributed by atoms with Gasteiger partial charge < -0.3 is 34.1 Å². The Morgan fingerprint density at radius 2 is 1.60 bits per heavy atom. The van der Waals surface area contributed by atoms with E-state index in [2.05, 4.69) is 42.3 Å². The van der Waals surface area contributed by atoms with Gasteiger partial charge in [0.1, 0.15) is 18.5 Å². The number of hydrogen-bond acceptors (Lipinski definition) is 8. The molecule has 1 heterocycles. The molecule has 1 unspecified atom stereocenters. The van der Waals surface area contributed by atoms with Crippen LogP contribution in [-0.4, -0.2) is 94.1 Å². The third-order valence-corrected chi connectivity index (χ3v) is 8.36. The quantitative estimate of drug-likeness (QED) is 0.278. The largest absolute Gasteiger partial charge is 0.493 e. The highest BCUT2D eigenvalue weighted by atomic mass is 16.5. The zero-order valence-corrected chi connectivity index (χ0v) is 26.1. The van der Waals surface area contributed by atoms with Gasteiger partial charge in [-0.25, -0.2) is 0 Å². The predicted octanol–water partition coefficient (Wildman–Crippen LogP) is 4.65. The molecule has 2 aromatic rings. The van der Waals surface area contributed by atoms with Gasteiger partial charge in [0.25, 0.3) is 0 Å². The molecule has 4 atom stereocenters. The van der Waals surface area contributed by atoms with Crippen LogP contribution < -0.4 is 19.5 Å². The Bertz CT molecular complexity index is 1050. The minimum absolute atomic E-state index is 0.280. The summed E-state index contributed by atoms with van der Waals surface area (Å²) in [6.07, 6.45) is 7.71. The number of nitrogens with one attached hydrogen (secondary N) is 1. The van der Waals surface area contributed by atoms with Crippen molar-refractivity contribution >= 4 is 0 Å². The first-order chi connectivity index (χ1) is 20.4. The van der Waals surface area contributed by atoms with Gasteiger partial charge in [-0.15, -0.1) is 0 Å². The van der Waals surface area contributed by atoms with Crippen LogP contribution in [0.5, 0.6) is 17.2 Å². The van der Waals surface area contributed by atoms with Gasteiger partial charge in [0, 0.05) is 31.7 Å². The summed E-state index contributed by atoms with van der Waals surface area (Å²) < 4.78 is 29.4. The van der Waals surface area contributed by atoms with Crippen LogP contribution >= 0.6 is 0 Å². The van der Waals surface area contributed by atoms with Gasteiger partial charge >= 0.3 is 0 Å². The lowest BCUT2D eigenvalue weighted by molar-refractivity contribution is -0.0343. The molecule has 2 aliphatic rings. The number of ether oxygens (including phenoxy) is 5. The van der Waals surface area contributed by atoms with E-state index in [0.717, 1.165) is 56.0 Å². The lowest BCUT2D eigenvalue weighted by atomic mass is 9.91. The van der Waals surface area contributed by atoms with E-state index in [1.807, 2.05) is 24.3 Å². The zero-order valence-electron chi connectivity index (χ0n) is 26.1. The van der Waals surface area contributed by atoms with Crippen LogP contribution in [0.25, 0.3) is 0 Å².